The third-order valence-corrected chi connectivity index (χ3v) is 3.36. The molecule has 3 nitrogen and oxygen atoms in total. The number of amidine groups is 1. The van der Waals surface area contributed by atoms with Gasteiger partial charge in [-0.1, -0.05) is 12.1 Å². The first-order valence-corrected chi connectivity index (χ1v) is 6.00. The van der Waals surface area contributed by atoms with Crippen LogP contribution in [-0.4, -0.2) is 18.9 Å². The molecular weight excluding hydrogens is 212 g/mol. The van der Waals surface area contributed by atoms with E-state index in [0.29, 0.717) is 0 Å². The number of aryl methyl sites for hydroxylation is 2. The van der Waals surface area contributed by atoms with Crippen LogP contribution in [0.15, 0.2) is 27.6 Å². The van der Waals surface area contributed by atoms with E-state index in [2.05, 4.69) is 35.4 Å². The lowest BCUT2D eigenvalue weighted by atomic mass is 10.1. The molecule has 2 heterocycles. The molecule has 2 aromatic rings. The zero-order valence-electron chi connectivity index (χ0n) is 10.2. The van der Waals surface area contributed by atoms with Gasteiger partial charge in [0.1, 0.15) is 17.2 Å². The third-order valence-electron chi connectivity index (χ3n) is 3.36. The summed E-state index contributed by atoms with van der Waals surface area (Å²) in [7, 11) is 0. The number of rotatable bonds is 2. The fraction of sp³-hybridized carbons (Fsp3) is 0.357. The summed E-state index contributed by atoms with van der Waals surface area (Å²) < 4.78 is 5.74. The summed E-state index contributed by atoms with van der Waals surface area (Å²) in [5.41, 5.74) is 3.47. The minimum Gasteiger partial charge on any atom is -0.461 e. The van der Waals surface area contributed by atoms with E-state index >= 15 is 0 Å². The quantitative estimate of drug-likeness (QED) is 0.857. The zero-order valence-corrected chi connectivity index (χ0v) is 10.2. The Kier molecular flexibility index (Phi) is 2.39. The number of nitrogens with one attached hydrogen (secondary N) is 1. The maximum atomic E-state index is 5.74. The molecule has 1 aromatic carbocycles. The molecule has 0 saturated carbocycles. The average Bonchev–Trinajstić information content (AvgIpc) is 2.89. The number of hydrogen-bond acceptors (Lipinski definition) is 3. The van der Waals surface area contributed by atoms with Crippen LogP contribution < -0.4 is 5.32 Å². The van der Waals surface area contributed by atoms with E-state index in [4.69, 9.17) is 4.42 Å². The molecular formula is C14H16N2O. The van der Waals surface area contributed by atoms with Crippen LogP contribution in [0.5, 0.6) is 0 Å². The van der Waals surface area contributed by atoms with Gasteiger partial charge in [-0.2, -0.15) is 0 Å². The number of fused-ring (bicyclic) bond motifs is 1. The van der Waals surface area contributed by atoms with Gasteiger partial charge in [0.25, 0.3) is 0 Å². The van der Waals surface area contributed by atoms with Crippen LogP contribution in [0.2, 0.25) is 0 Å². The summed E-state index contributed by atoms with van der Waals surface area (Å²) in [4.78, 5) is 4.41. The van der Waals surface area contributed by atoms with E-state index in [1.54, 1.807) is 0 Å². The topological polar surface area (TPSA) is 37.5 Å². The van der Waals surface area contributed by atoms with E-state index in [9.17, 15) is 0 Å². The monoisotopic (exact) mass is 228 g/mol. The second-order valence-corrected chi connectivity index (χ2v) is 4.55. The minimum atomic E-state index is 0.870. The van der Waals surface area contributed by atoms with Gasteiger partial charge in [0.2, 0.25) is 0 Å². The van der Waals surface area contributed by atoms with Crippen molar-refractivity contribution in [2.45, 2.75) is 20.3 Å². The van der Waals surface area contributed by atoms with E-state index < -0.39 is 0 Å². The molecule has 1 N–H and O–H groups in total. The maximum Gasteiger partial charge on any atom is 0.134 e. The Morgan fingerprint density at radius 2 is 2.24 bits per heavy atom. The molecule has 0 atom stereocenters. The highest BCUT2D eigenvalue weighted by atomic mass is 16.3. The van der Waals surface area contributed by atoms with Gasteiger partial charge < -0.3 is 9.73 Å². The van der Waals surface area contributed by atoms with Crippen LogP contribution in [0.3, 0.4) is 0 Å². The summed E-state index contributed by atoms with van der Waals surface area (Å²) in [6.07, 6.45) is 0.870. The fourth-order valence-electron chi connectivity index (χ4n) is 2.26. The van der Waals surface area contributed by atoms with Crippen molar-refractivity contribution in [2.75, 3.05) is 13.1 Å². The van der Waals surface area contributed by atoms with Crippen molar-refractivity contribution < 1.29 is 4.42 Å². The van der Waals surface area contributed by atoms with Crippen LogP contribution in [0, 0.1) is 13.8 Å². The Morgan fingerprint density at radius 3 is 3.00 bits per heavy atom. The van der Waals surface area contributed by atoms with Crippen LogP contribution in [-0.2, 0) is 6.42 Å². The van der Waals surface area contributed by atoms with Crippen LogP contribution >= 0.6 is 0 Å². The van der Waals surface area contributed by atoms with Gasteiger partial charge in [-0.15, -0.1) is 0 Å². The van der Waals surface area contributed by atoms with Gasteiger partial charge >= 0.3 is 0 Å². The molecule has 88 valence electrons. The number of nitrogens with zero attached hydrogens (tertiary/aromatic N) is 1. The summed E-state index contributed by atoms with van der Waals surface area (Å²) >= 11 is 0. The summed E-state index contributed by atoms with van der Waals surface area (Å²) in [6.45, 7) is 5.98. The third kappa shape index (κ3) is 1.82. The van der Waals surface area contributed by atoms with Crippen molar-refractivity contribution in [3.63, 3.8) is 0 Å². The predicted octanol–water partition coefficient (Wildman–Crippen LogP) is 2.59. The second-order valence-electron chi connectivity index (χ2n) is 4.55. The van der Waals surface area contributed by atoms with Gasteiger partial charge in [0, 0.05) is 18.4 Å². The molecule has 17 heavy (non-hydrogen) atoms. The van der Waals surface area contributed by atoms with Gasteiger partial charge in [0.05, 0.1) is 6.54 Å². The van der Waals surface area contributed by atoms with Crippen LogP contribution in [0.4, 0.5) is 0 Å². The smallest absolute Gasteiger partial charge is 0.134 e. The first kappa shape index (κ1) is 10.4. The molecule has 0 radical (unpaired) electrons. The average molecular weight is 228 g/mol. The molecule has 1 aliphatic heterocycles. The number of furan rings is 1. The Balaban J connectivity index is 1.96. The molecule has 0 amide bonds. The number of hydrogen-bond donors (Lipinski definition) is 1. The summed E-state index contributed by atoms with van der Waals surface area (Å²) in [5.74, 6) is 2.10. The van der Waals surface area contributed by atoms with Gasteiger partial charge in [0.15, 0.2) is 0 Å². The minimum absolute atomic E-state index is 0.870. The zero-order chi connectivity index (χ0) is 11.8. The first-order valence-electron chi connectivity index (χ1n) is 6.00. The maximum absolute atomic E-state index is 5.74. The normalized spacial score (nSPS) is 15.1. The molecule has 0 spiro atoms. The molecule has 0 unspecified atom stereocenters. The van der Waals surface area contributed by atoms with Crippen molar-refractivity contribution in [2.24, 2.45) is 4.99 Å². The first-order chi connectivity index (χ1) is 8.24. The standard InChI is InChI=1S/C14H16N2O/c1-9-10(2)17-13-7-11(3-4-12(9)13)8-14-15-5-6-16-14/h3-4,7H,5-6,8H2,1-2H3,(H,15,16). The number of aliphatic imine (C=N–C) groups is 1. The Bertz CT molecular complexity index is 596. The van der Waals surface area contributed by atoms with Gasteiger partial charge in [-0.25, -0.2) is 0 Å². The lowest BCUT2D eigenvalue weighted by molar-refractivity contribution is 0.575. The lowest BCUT2D eigenvalue weighted by Crippen LogP contribution is -2.20. The Hall–Kier alpha value is -1.77. The highest BCUT2D eigenvalue weighted by molar-refractivity contribution is 5.88. The lowest BCUT2D eigenvalue weighted by Gasteiger charge is -2.02. The largest absolute Gasteiger partial charge is 0.461 e. The van der Waals surface area contributed by atoms with E-state index in [-0.39, 0.29) is 0 Å². The Labute approximate surface area is 101 Å². The van der Waals surface area contributed by atoms with Crippen molar-refractivity contribution in [1.29, 1.82) is 0 Å². The fourth-order valence-corrected chi connectivity index (χ4v) is 2.26. The molecule has 0 bridgehead atoms. The predicted molar refractivity (Wildman–Crippen MR) is 69.7 cm³/mol. The number of benzene rings is 1. The van der Waals surface area contributed by atoms with E-state index in [1.165, 1.54) is 16.5 Å². The molecule has 3 rings (SSSR count). The molecule has 1 aromatic heterocycles. The van der Waals surface area contributed by atoms with Gasteiger partial charge in [-0.05, 0) is 31.0 Å². The second kappa shape index (κ2) is 3.91. The highest BCUT2D eigenvalue weighted by Crippen LogP contribution is 2.25. The molecule has 1 aliphatic rings. The molecule has 0 fully saturated rings. The SMILES string of the molecule is Cc1oc2cc(CC3=NCCN3)ccc2c1C. The summed E-state index contributed by atoms with van der Waals surface area (Å²) in [5, 5.41) is 4.50. The van der Waals surface area contributed by atoms with Crippen molar-refractivity contribution in [1.82, 2.24) is 5.32 Å². The Morgan fingerprint density at radius 1 is 1.35 bits per heavy atom. The van der Waals surface area contributed by atoms with E-state index in [0.717, 1.165) is 36.7 Å². The van der Waals surface area contributed by atoms with Gasteiger partial charge in [-0.3, -0.25) is 4.99 Å². The molecule has 3 heteroatoms. The highest BCUT2D eigenvalue weighted by Gasteiger charge is 2.10. The van der Waals surface area contributed by atoms with Crippen molar-refractivity contribution in [3.05, 3.63) is 35.1 Å². The summed E-state index contributed by atoms with van der Waals surface area (Å²) in [6, 6.07) is 6.43. The molecule has 0 saturated heterocycles. The van der Waals surface area contributed by atoms with Crippen LogP contribution in [0.25, 0.3) is 11.0 Å². The van der Waals surface area contributed by atoms with Crippen LogP contribution in [0.1, 0.15) is 16.9 Å². The molecule has 0 aliphatic carbocycles. The van der Waals surface area contributed by atoms with E-state index in [1.807, 2.05) is 6.92 Å². The van der Waals surface area contributed by atoms with Crippen molar-refractivity contribution in [3.8, 4) is 0 Å². The van der Waals surface area contributed by atoms with Crippen molar-refractivity contribution >= 4 is 16.8 Å².